The summed E-state index contributed by atoms with van der Waals surface area (Å²) in [5.41, 5.74) is 7.21. The zero-order valence-electron chi connectivity index (χ0n) is 30.2. The Bertz CT molecular complexity index is 1830. The highest BCUT2D eigenvalue weighted by atomic mass is 16.5. The predicted molar refractivity (Wildman–Crippen MR) is 202 cm³/mol. The summed E-state index contributed by atoms with van der Waals surface area (Å²) >= 11 is 0. The second-order valence-electron chi connectivity index (χ2n) is 13.2. The van der Waals surface area contributed by atoms with E-state index in [1.54, 1.807) is 32.4 Å². The number of allylic oxidation sites excluding steroid dienone is 2. The van der Waals surface area contributed by atoms with Crippen LogP contribution in [0, 0.1) is 0 Å². The molecule has 0 radical (unpaired) electrons. The summed E-state index contributed by atoms with van der Waals surface area (Å²) in [5.74, 6) is 2.03. The summed E-state index contributed by atoms with van der Waals surface area (Å²) in [5, 5.41) is 0. The van der Waals surface area contributed by atoms with Gasteiger partial charge in [-0.05, 0) is 87.1 Å². The minimum Gasteiger partial charge on any atom is -0.493 e. The third-order valence-corrected chi connectivity index (χ3v) is 10.1. The largest absolute Gasteiger partial charge is 0.493 e. The first-order valence-corrected chi connectivity index (χ1v) is 17.7. The number of aliphatic imine (C=N–C) groups is 1. The Morgan fingerprint density at radius 1 is 0.980 bits per heavy atom. The quantitative estimate of drug-likeness (QED) is 0.0870. The van der Waals surface area contributed by atoms with Crippen LogP contribution in [0.15, 0.2) is 76.9 Å². The molecule has 2 heterocycles. The molecule has 268 valence electrons. The number of aldehydes is 1. The van der Waals surface area contributed by atoms with E-state index >= 15 is 0 Å². The van der Waals surface area contributed by atoms with Crippen molar-refractivity contribution in [1.29, 1.82) is 0 Å². The van der Waals surface area contributed by atoms with Crippen molar-refractivity contribution < 1.29 is 28.5 Å². The van der Waals surface area contributed by atoms with Gasteiger partial charge in [-0.1, -0.05) is 24.3 Å². The number of hydrogen-bond donors (Lipinski definition) is 0. The van der Waals surface area contributed by atoms with Gasteiger partial charge >= 0.3 is 0 Å². The highest BCUT2D eigenvalue weighted by molar-refractivity contribution is 6.01. The molecule has 3 aliphatic rings. The zero-order chi connectivity index (χ0) is 35.9. The highest BCUT2D eigenvalue weighted by Gasteiger charge is 2.30. The molecule has 0 bridgehead atoms. The number of amides is 1. The smallest absolute Gasteiger partial charge is 0.260 e. The van der Waals surface area contributed by atoms with E-state index in [1.807, 2.05) is 18.0 Å². The van der Waals surface area contributed by atoms with Gasteiger partial charge in [-0.15, -0.1) is 0 Å². The number of carbonyl (C=O) groups excluding carboxylic acids is 2. The lowest BCUT2D eigenvalue weighted by atomic mass is 10.0. The van der Waals surface area contributed by atoms with Gasteiger partial charge in [-0.25, -0.2) is 0 Å². The van der Waals surface area contributed by atoms with Crippen LogP contribution < -0.4 is 28.7 Å². The number of benzene rings is 3. The Balaban J connectivity index is 1.01. The average Bonchev–Trinajstić information content (AvgIpc) is 3.74. The van der Waals surface area contributed by atoms with Crippen LogP contribution in [-0.4, -0.2) is 84.5 Å². The third-order valence-electron chi connectivity index (χ3n) is 10.1. The lowest BCUT2D eigenvalue weighted by molar-refractivity contribution is 0.0823. The van der Waals surface area contributed by atoms with Crippen LogP contribution in [-0.2, 0) is 6.42 Å². The van der Waals surface area contributed by atoms with E-state index in [0.29, 0.717) is 59.6 Å². The van der Waals surface area contributed by atoms with Crippen molar-refractivity contribution in [2.75, 3.05) is 64.4 Å². The van der Waals surface area contributed by atoms with E-state index in [1.165, 1.54) is 16.8 Å². The standard InChI is InChI=1S/C41H48N4O6/c1-42-33-24-39(38(49-5)23-32(33)41(47)45-18-17-28-13-7-10-16-35(28)45)50-19-11-6-12-20-51-40-25-36(30(27-46)22-37(40)48-4)43(2)26-31-21-29-14-8-9-15-34(29)44(31)3/h8-10,14-16,22-25,27,31H,1,6-7,11-13,17-21,26H2,2-5H3. The molecule has 1 amide bonds. The molecule has 1 atom stereocenters. The molecule has 10 nitrogen and oxygen atoms in total. The fraction of sp³-hybridized carbons (Fsp3) is 0.390. The molecule has 0 saturated carbocycles. The van der Waals surface area contributed by atoms with Gasteiger partial charge in [-0.3, -0.25) is 14.6 Å². The number of methoxy groups -OCH3 is 2. The summed E-state index contributed by atoms with van der Waals surface area (Å²) < 4.78 is 23.5. The molecule has 0 spiro atoms. The Morgan fingerprint density at radius 3 is 2.41 bits per heavy atom. The monoisotopic (exact) mass is 692 g/mol. The van der Waals surface area contributed by atoms with Gasteiger partial charge in [0.05, 0.1) is 50.4 Å². The van der Waals surface area contributed by atoms with Crippen LogP contribution in [0.3, 0.4) is 0 Å². The van der Waals surface area contributed by atoms with Gasteiger partial charge in [0.2, 0.25) is 0 Å². The molecule has 1 unspecified atom stereocenters. The summed E-state index contributed by atoms with van der Waals surface area (Å²) in [6.45, 7) is 6.07. The van der Waals surface area contributed by atoms with E-state index in [4.69, 9.17) is 18.9 Å². The summed E-state index contributed by atoms with van der Waals surface area (Å²) in [6, 6.07) is 15.9. The van der Waals surface area contributed by atoms with Gasteiger partial charge in [0, 0.05) is 56.3 Å². The first-order chi connectivity index (χ1) is 24.9. The lowest BCUT2D eigenvalue weighted by Crippen LogP contribution is -2.39. The van der Waals surface area contributed by atoms with Crippen LogP contribution in [0.5, 0.6) is 23.0 Å². The van der Waals surface area contributed by atoms with Crippen molar-refractivity contribution in [3.63, 3.8) is 0 Å². The third kappa shape index (κ3) is 7.60. The molecule has 6 rings (SSSR count). The van der Waals surface area contributed by atoms with E-state index in [0.717, 1.165) is 69.2 Å². The second-order valence-corrected chi connectivity index (χ2v) is 13.2. The number of ether oxygens (including phenoxy) is 4. The van der Waals surface area contributed by atoms with Crippen molar-refractivity contribution in [1.82, 2.24) is 4.90 Å². The maximum Gasteiger partial charge on any atom is 0.260 e. The molecule has 0 fully saturated rings. The van der Waals surface area contributed by atoms with Gasteiger partial charge in [-0.2, -0.15) is 0 Å². The number of anilines is 2. The molecule has 10 heteroatoms. The summed E-state index contributed by atoms with van der Waals surface area (Å²) in [4.78, 5) is 36.1. The number of nitrogens with zero attached hydrogens (tertiary/aromatic N) is 4. The van der Waals surface area contributed by atoms with Crippen molar-refractivity contribution in [3.05, 3.63) is 88.6 Å². The molecular weight excluding hydrogens is 644 g/mol. The van der Waals surface area contributed by atoms with Crippen LogP contribution in [0.2, 0.25) is 0 Å². The topological polar surface area (TPSA) is 93.1 Å². The molecule has 0 aromatic heterocycles. The molecule has 2 aliphatic heterocycles. The maximum absolute atomic E-state index is 13.6. The van der Waals surface area contributed by atoms with E-state index in [-0.39, 0.29) is 11.9 Å². The van der Waals surface area contributed by atoms with Crippen molar-refractivity contribution in [2.45, 2.75) is 51.0 Å². The van der Waals surface area contributed by atoms with E-state index < -0.39 is 0 Å². The van der Waals surface area contributed by atoms with E-state index in [2.05, 4.69) is 65.0 Å². The SMILES string of the molecule is C=Nc1cc(OCCCCCOc2cc(N(C)CC3Cc4ccccc4N3C)c(C=O)cc2OC)c(OC)cc1C(=O)N1CCC2=C1C=CCC2. The Kier molecular flexibility index (Phi) is 11.3. The molecule has 51 heavy (non-hydrogen) atoms. The van der Waals surface area contributed by atoms with Gasteiger partial charge in [0.1, 0.15) is 0 Å². The number of unbranched alkanes of at least 4 members (excludes halogenated alkanes) is 2. The molecule has 3 aromatic carbocycles. The van der Waals surface area contributed by atoms with Crippen LogP contribution >= 0.6 is 0 Å². The van der Waals surface area contributed by atoms with Crippen molar-refractivity contribution in [2.24, 2.45) is 4.99 Å². The number of carbonyl (C=O) groups is 2. The summed E-state index contributed by atoms with van der Waals surface area (Å²) in [6.07, 6.45) is 11.4. The molecule has 1 aliphatic carbocycles. The maximum atomic E-state index is 13.6. The Hall–Kier alpha value is -5.25. The number of likely N-dealkylation sites (N-methyl/N-ethyl adjacent to an activating group) is 2. The first kappa shape index (κ1) is 35.6. The molecule has 0 saturated heterocycles. The van der Waals surface area contributed by atoms with Crippen molar-refractivity contribution in [3.8, 4) is 23.0 Å². The lowest BCUT2D eigenvalue weighted by Gasteiger charge is -2.30. The fourth-order valence-electron chi connectivity index (χ4n) is 7.30. The van der Waals surface area contributed by atoms with Crippen LogP contribution in [0.4, 0.5) is 17.1 Å². The second kappa shape index (κ2) is 16.2. The minimum absolute atomic E-state index is 0.109. The highest BCUT2D eigenvalue weighted by Crippen LogP contribution is 2.39. The van der Waals surface area contributed by atoms with Gasteiger partial charge in [0.25, 0.3) is 5.91 Å². The number of rotatable bonds is 16. The van der Waals surface area contributed by atoms with E-state index in [9.17, 15) is 9.59 Å². The van der Waals surface area contributed by atoms with Crippen molar-refractivity contribution >= 4 is 36.0 Å². The zero-order valence-corrected chi connectivity index (χ0v) is 30.2. The molecule has 3 aromatic rings. The van der Waals surface area contributed by atoms with Crippen LogP contribution in [0.1, 0.15) is 64.8 Å². The van der Waals surface area contributed by atoms with Gasteiger partial charge < -0.3 is 33.6 Å². The molecular formula is C41H48N4O6. The average molecular weight is 693 g/mol. The normalized spacial score (nSPS) is 16.1. The Labute approximate surface area is 300 Å². The predicted octanol–water partition coefficient (Wildman–Crippen LogP) is 7.42. The van der Waals surface area contributed by atoms with Crippen LogP contribution in [0.25, 0.3) is 0 Å². The Morgan fingerprint density at radius 2 is 1.71 bits per heavy atom. The first-order valence-electron chi connectivity index (χ1n) is 17.7. The number of para-hydroxylation sites is 1. The molecule has 0 N–H and O–H groups in total. The fourth-order valence-corrected chi connectivity index (χ4v) is 7.30. The summed E-state index contributed by atoms with van der Waals surface area (Å²) in [7, 11) is 7.29. The van der Waals surface area contributed by atoms with Gasteiger partial charge in [0.15, 0.2) is 29.3 Å². The number of hydrogen-bond acceptors (Lipinski definition) is 9. The minimum atomic E-state index is -0.109. The number of fused-ring (bicyclic) bond motifs is 1.